The second-order valence-corrected chi connectivity index (χ2v) is 11.1. The summed E-state index contributed by atoms with van der Waals surface area (Å²) in [6.45, 7) is 0. The minimum Gasteiger partial charge on any atom is -0.346 e. The molecular formula is H13BrN4Si4. The summed E-state index contributed by atoms with van der Waals surface area (Å²) in [6.07, 6.45) is 0. The van der Waals surface area contributed by atoms with Crippen LogP contribution in [0.2, 0.25) is 0 Å². The van der Waals surface area contributed by atoms with Crippen molar-refractivity contribution in [2.75, 3.05) is 0 Å². The monoisotopic (exact) mass is 260 g/mol. The normalized spacial score (nSPS) is 32.0. The van der Waals surface area contributed by atoms with Gasteiger partial charge in [0.15, 0.2) is 39.4 Å². The fourth-order valence-electron chi connectivity index (χ4n) is 0.604. The Kier molecular flexibility index (Phi) is 8.26. The molecule has 1 saturated heterocycles. The summed E-state index contributed by atoms with van der Waals surface area (Å²) >= 11 is 0. The van der Waals surface area contributed by atoms with Crippen molar-refractivity contribution in [1.29, 1.82) is 0 Å². The smallest absolute Gasteiger partial charge is 0.155 e. The summed E-state index contributed by atoms with van der Waals surface area (Å²) in [6, 6.07) is 0. The molecule has 0 aromatic rings. The molecule has 0 atom stereocenters. The Morgan fingerprint density at radius 2 is 0.778 bits per heavy atom. The van der Waals surface area contributed by atoms with Gasteiger partial charge in [-0.2, -0.15) is 0 Å². The largest absolute Gasteiger partial charge is 0.346 e. The predicted molar refractivity (Wildman–Crippen MR) is 57.0 cm³/mol. The van der Waals surface area contributed by atoms with Gasteiger partial charge in [-0.05, 0) is 0 Å². The SMILES string of the molecule is Br.N1[SiH2]N[SiH2]N[SiH2]N[SiH2]1. The first-order chi connectivity index (χ1) is 4.00. The van der Waals surface area contributed by atoms with Crippen LogP contribution >= 0.6 is 17.0 Å². The van der Waals surface area contributed by atoms with Gasteiger partial charge >= 0.3 is 0 Å². The molecule has 0 aliphatic carbocycles. The zero-order valence-electron chi connectivity index (χ0n) is 5.24. The molecule has 0 bridgehead atoms. The molecule has 0 spiro atoms. The second kappa shape index (κ2) is 7.30. The number of hydrogen-bond donors (Lipinski definition) is 4. The predicted octanol–water partition coefficient (Wildman–Crippen LogP) is -5.07. The Bertz CT molecular complexity index is 36.5. The van der Waals surface area contributed by atoms with Crippen molar-refractivity contribution >= 4 is 56.4 Å². The molecule has 0 aromatic carbocycles. The Labute approximate surface area is 75.0 Å². The first-order valence-corrected chi connectivity index (χ1v) is 8.49. The van der Waals surface area contributed by atoms with Crippen molar-refractivity contribution in [3.05, 3.63) is 0 Å². The molecule has 0 saturated carbocycles. The van der Waals surface area contributed by atoms with Gasteiger partial charge in [0.1, 0.15) is 0 Å². The Balaban J connectivity index is 0.000000640. The molecule has 0 radical (unpaired) electrons. The van der Waals surface area contributed by atoms with E-state index in [0.29, 0.717) is 0 Å². The number of halogens is 1. The van der Waals surface area contributed by atoms with Crippen molar-refractivity contribution in [1.82, 2.24) is 18.6 Å². The summed E-state index contributed by atoms with van der Waals surface area (Å²) in [5.41, 5.74) is 0. The van der Waals surface area contributed by atoms with E-state index in [1.165, 1.54) is 0 Å². The van der Waals surface area contributed by atoms with Crippen LogP contribution in [-0.4, -0.2) is 39.4 Å². The van der Waals surface area contributed by atoms with Crippen LogP contribution in [0.4, 0.5) is 0 Å². The highest BCUT2D eigenvalue weighted by molar-refractivity contribution is 8.93. The average Bonchev–Trinajstić information content (AvgIpc) is 1.62. The van der Waals surface area contributed by atoms with Crippen molar-refractivity contribution < 1.29 is 0 Å². The summed E-state index contributed by atoms with van der Waals surface area (Å²) in [5.74, 6) is 0. The highest BCUT2D eigenvalue weighted by atomic mass is 79.9. The number of rotatable bonds is 0. The lowest BCUT2D eigenvalue weighted by atomic mass is 13.7. The van der Waals surface area contributed by atoms with E-state index in [2.05, 4.69) is 18.6 Å². The van der Waals surface area contributed by atoms with Crippen LogP contribution in [0.3, 0.4) is 0 Å². The second-order valence-electron chi connectivity index (χ2n) is 1.71. The van der Waals surface area contributed by atoms with Crippen LogP contribution in [0.1, 0.15) is 0 Å². The molecular weight excluding hydrogens is 248 g/mol. The molecule has 1 aliphatic rings. The Hall–Kier alpha value is 1.19. The standard InChI is InChI=1S/BrH.H12N4Si4/c;1-5-2-7-4-8-3-6-1/h1H;1-4H,5-8H2. The summed E-state index contributed by atoms with van der Waals surface area (Å²) in [4.78, 5) is 0. The third-order valence-corrected chi connectivity index (χ3v) is 9.00. The van der Waals surface area contributed by atoms with Gasteiger partial charge in [0, 0.05) is 0 Å². The van der Waals surface area contributed by atoms with Gasteiger partial charge in [-0.25, -0.2) is 0 Å². The Morgan fingerprint density at radius 1 is 0.556 bits per heavy atom. The molecule has 0 aromatic heterocycles. The van der Waals surface area contributed by atoms with Gasteiger partial charge < -0.3 is 18.6 Å². The lowest BCUT2D eigenvalue weighted by Gasteiger charge is -2.11. The lowest BCUT2D eigenvalue weighted by molar-refractivity contribution is 1.28. The van der Waals surface area contributed by atoms with Gasteiger partial charge in [-0.3, -0.25) is 0 Å². The van der Waals surface area contributed by atoms with Crippen molar-refractivity contribution in [2.45, 2.75) is 0 Å². The lowest BCUT2D eigenvalue weighted by Crippen LogP contribution is -2.55. The maximum Gasteiger partial charge on any atom is 0.155 e. The minimum atomic E-state index is -0.0278. The quantitative estimate of drug-likeness (QED) is 0.330. The molecule has 0 amide bonds. The maximum atomic E-state index is 3.47. The van der Waals surface area contributed by atoms with Crippen molar-refractivity contribution in [2.24, 2.45) is 0 Å². The van der Waals surface area contributed by atoms with E-state index >= 15 is 0 Å². The maximum absolute atomic E-state index is 3.47. The summed E-state index contributed by atoms with van der Waals surface area (Å²) in [7, 11) is -0.111. The van der Waals surface area contributed by atoms with E-state index < -0.39 is 0 Å². The van der Waals surface area contributed by atoms with Crippen molar-refractivity contribution in [3.8, 4) is 0 Å². The third-order valence-electron chi connectivity index (χ3n) is 1.000. The number of nitrogens with one attached hydrogen (secondary N) is 4. The third kappa shape index (κ3) is 5.62. The molecule has 4 N–H and O–H groups in total. The fourth-order valence-corrected chi connectivity index (χ4v) is 11.8. The van der Waals surface area contributed by atoms with Crippen LogP contribution in [0, 0.1) is 0 Å². The van der Waals surface area contributed by atoms with Gasteiger partial charge in [-0.1, -0.05) is 0 Å². The van der Waals surface area contributed by atoms with E-state index in [-0.39, 0.29) is 56.4 Å². The van der Waals surface area contributed by atoms with Crippen LogP contribution in [0.15, 0.2) is 0 Å². The molecule has 1 rings (SSSR count). The fraction of sp³-hybridized carbons (Fsp3) is 0. The molecule has 1 fully saturated rings. The average molecular weight is 261 g/mol. The highest BCUT2D eigenvalue weighted by Gasteiger charge is 1.93. The van der Waals surface area contributed by atoms with E-state index in [1.807, 2.05) is 0 Å². The molecule has 9 heteroatoms. The minimum absolute atomic E-state index is 0. The van der Waals surface area contributed by atoms with Crippen LogP contribution in [0.25, 0.3) is 0 Å². The zero-order chi connectivity index (χ0) is 5.66. The molecule has 1 aliphatic heterocycles. The van der Waals surface area contributed by atoms with E-state index in [9.17, 15) is 0 Å². The van der Waals surface area contributed by atoms with Gasteiger partial charge in [0.25, 0.3) is 0 Å². The molecule has 9 heavy (non-hydrogen) atoms. The molecule has 56 valence electrons. The molecule has 0 unspecified atom stereocenters. The summed E-state index contributed by atoms with van der Waals surface area (Å²) < 4.78 is 13.9. The van der Waals surface area contributed by atoms with Crippen LogP contribution in [0.5, 0.6) is 0 Å². The first kappa shape index (κ1) is 10.2. The van der Waals surface area contributed by atoms with Gasteiger partial charge in [0.2, 0.25) is 0 Å². The van der Waals surface area contributed by atoms with Crippen LogP contribution < -0.4 is 18.6 Å². The van der Waals surface area contributed by atoms with E-state index in [1.54, 1.807) is 0 Å². The zero-order valence-corrected chi connectivity index (χ0v) is 12.6. The van der Waals surface area contributed by atoms with Crippen molar-refractivity contribution in [3.63, 3.8) is 0 Å². The van der Waals surface area contributed by atoms with Gasteiger partial charge in [-0.15, -0.1) is 17.0 Å². The Morgan fingerprint density at radius 3 is 1.00 bits per heavy atom. The summed E-state index contributed by atoms with van der Waals surface area (Å²) in [5, 5.41) is 0. The van der Waals surface area contributed by atoms with Crippen LogP contribution in [-0.2, 0) is 0 Å². The van der Waals surface area contributed by atoms with E-state index in [0.717, 1.165) is 0 Å². The van der Waals surface area contributed by atoms with E-state index in [4.69, 9.17) is 0 Å². The highest BCUT2D eigenvalue weighted by Crippen LogP contribution is 1.47. The topological polar surface area (TPSA) is 48.1 Å². The number of hydrogen-bond acceptors (Lipinski definition) is 4. The first-order valence-electron chi connectivity index (χ1n) is 2.83. The molecule has 4 nitrogen and oxygen atoms in total. The van der Waals surface area contributed by atoms with Gasteiger partial charge in [0.05, 0.1) is 0 Å². The molecule has 1 heterocycles.